The first-order chi connectivity index (χ1) is 20.1. The second kappa shape index (κ2) is 15.5. The molecule has 0 unspecified atom stereocenters. The van der Waals surface area contributed by atoms with Gasteiger partial charge in [0.2, 0.25) is 0 Å². The van der Waals surface area contributed by atoms with Crippen molar-refractivity contribution in [2.45, 2.75) is 48.1 Å². The van der Waals surface area contributed by atoms with Gasteiger partial charge in [0.15, 0.2) is 11.5 Å². The van der Waals surface area contributed by atoms with E-state index in [0.717, 1.165) is 55.1 Å². The Morgan fingerprint density at radius 3 is 2.29 bits per heavy atom. The van der Waals surface area contributed by atoms with Gasteiger partial charge in [-0.05, 0) is 55.8 Å². The predicted molar refractivity (Wildman–Crippen MR) is 170 cm³/mol. The average Bonchev–Trinajstić information content (AvgIpc) is 3.41. The zero-order valence-electron chi connectivity index (χ0n) is 25.1. The van der Waals surface area contributed by atoms with Gasteiger partial charge in [-0.1, -0.05) is 52.0 Å². The number of aromatic nitrogens is 4. The SMILES string of the molecule is C/C=C(C#N)\C(=C/C)c1ccc2nc(-c3cccnc3N)n(-c3ccc(CN4CCNCC4)cc3)c2n1.CC.CC. The molecule has 41 heavy (non-hydrogen) atoms. The average molecular weight is 551 g/mol. The van der Waals surface area contributed by atoms with E-state index >= 15 is 0 Å². The Morgan fingerprint density at radius 2 is 1.68 bits per heavy atom. The Labute approximate surface area is 244 Å². The van der Waals surface area contributed by atoms with Crippen LogP contribution in [0.15, 0.2) is 72.5 Å². The minimum atomic E-state index is 0.407. The molecular formula is C33H42N8. The van der Waals surface area contributed by atoms with Gasteiger partial charge in [-0.25, -0.2) is 15.0 Å². The van der Waals surface area contributed by atoms with Gasteiger partial charge >= 0.3 is 0 Å². The van der Waals surface area contributed by atoms with Crippen LogP contribution in [0.5, 0.6) is 0 Å². The third-order valence-electron chi connectivity index (χ3n) is 6.66. The summed E-state index contributed by atoms with van der Waals surface area (Å²) in [5.74, 6) is 1.08. The molecule has 3 aromatic heterocycles. The lowest BCUT2D eigenvalue weighted by atomic mass is 10.0. The number of hydrogen-bond acceptors (Lipinski definition) is 7. The Balaban J connectivity index is 0.00000111. The van der Waals surface area contributed by atoms with Crippen LogP contribution in [0.3, 0.4) is 0 Å². The zero-order chi connectivity index (χ0) is 29.8. The molecule has 1 aromatic carbocycles. The third kappa shape index (κ3) is 7.07. The summed E-state index contributed by atoms with van der Waals surface area (Å²) >= 11 is 0. The topological polar surface area (TPSA) is 109 Å². The maximum atomic E-state index is 9.63. The van der Waals surface area contributed by atoms with Gasteiger partial charge in [-0.2, -0.15) is 5.26 Å². The summed E-state index contributed by atoms with van der Waals surface area (Å²) in [5, 5.41) is 13.0. The maximum absolute atomic E-state index is 9.63. The lowest BCUT2D eigenvalue weighted by Gasteiger charge is -2.27. The summed E-state index contributed by atoms with van der Waals surface area (Å²) in [4.78, 5) is 16.7. The summed E-state index contributed by atoms with van der Waals surface area (Å²) in [5.41, 5.74) is 12.7. The summed E-state index contributed by atoms with van der Waals surface area (Å²) in [7, 11) is 0. The summed E-state index contributed by atoms with van der Waals surface area (Å²) in [6, 6.07) is 18.4. The Morgan fingerprint density at radius 1 is 0.976 bits per heavy atom. The van der Waals surface area contributed by atoms with Gasteiger partial charge in [0.05, 0.1) is 22.9 Å². The van der Waals surface area contributed by atoms with Gasteiger partial charge in [0.25, 0.3) is 0 Å². The van der Waals surface area contributed by atoms with Crippen LogP contribution in [-0.2, 0) is 6.54 Å². The summed E-state index contributed by atoms with van der Waals surface area (Å²) in [6.45, 7) is 16.8. The largest absolute Gasteiger partial charge is 0.383 e. The van der Waals surface area contributed by atoms with Crippen molar-refractivity contribution in [1.29, 1.82) is 5.26 Å². The monoisotopic (exact) mass is 550 g/mol. The third-order valence-corrected chi connectivity index (χ3v) is 6.66. The van der Waals surface area contributed by atoms with E-state index in [1.807, 2.05) is 76.5 Å². The van der Waals surface area contributed by atoms with Crippen LogP contribution in [0.4, 0.5) is 5.82 Å². The van der Waals surface area contributed by atoms with Crippen molar-refractivity contribution in [3.05, 3.63) is 83.7 Å². The lowest BCUT2D eigenvalue weighted by Crippen LogP contribution is -2.42. The lowest BCUT2D eigenvalue weighted by molar-refractivity contribution is 0.233. The van der Waals surface area contributed by atoms with E-state index in [4.69, 9.17) is 15.7 Å². The Kier molecular flexibility index (Phi) is 11.8. The first kappa shape index (κ1) is 31.2. The van der Waals surface area contributed by atoms with E-state index < -0.39 is 0 Å². The summed E-state index contributed by atoms with van der Waals surface area (Å²) < 4.78 is 2.02. The molecule has 214 valence electrons. The van der Waals surface area contributed by atoms with Crippen LogP contribution in [0.1, 0.15) is 52.8 Å². The molecule has 5 rings (SSSR count). The maximum Gasteiger partial charge on any atom is 0.165 e. The molecule has 0 atom stereocenters. The Hall–Kier alpha value is -4.32. The van der Waals surface area contributed by atoms with E-state index in [9.17, 15) is 5.26 Å². The number of nitrogens with one attached hydrogen (secondary N) is 1. The molecule has 0 bridgehead atoms. The van der Waals surface area contributed by atoms with Gasteiger partial charge in [-0.3, -0.25) is 9.47 Å². The number of fused-ring (bicyclic) bond motifs is 1. The fourth-order valence-electron chi connectivity index (χ4n) is 4.74. The minimum absolute atomic E-state index is 0.407. The first-order valence-electron chi connectivity index (χ1n) is 14.5. The number of pyridine rings is 2. The number of benzene rings is 1. The van der Waals surface area contributed by atoms with Crippen LogP contribution in [-0.4, -0.2) is 50.6 Å². The van der Waals surface area contributed by atoms with Crippen molar-refractivity contribution in [1.82, 2.24) is 29.7 Å². The molecule has 1 aliphatic rings. The molecule has 0 radical (unpaired) electrons. The second-order valence-corrected chi connectivity index (χ2v) is 8.96. The van der Waals surface area contributed by atoms with Gasteiger partial charge in [0, 0.05) is 50.2 Å². The number of nitriles is 1. The number of nitrogen functional groups attached to an aromatic ring is 1. The van der Waals surface area contributed by atoms with Gasteiger partial charge in [-0.15, -0.1) is 0 Å². The fourth-order valence-corrected chi connectivity index (χ4v) is 4.74. The van der Waals surface area contributed by atoms with Crippen molar-refractivity contribution in [2.24, 2.45) is 0 Å². The van der Waals surface area contributed by atoms with E-state index in [0.29, 0.717) is 28.6 Å². The summed E-state index contributed by atoms with van der Waals surface area (Å²) in [6.07, 6.45) is 5.39. The molecule has 8 heteroatoms. The second-order valence-electron chi connectivity index (χ2n) is 8.96. The van der Waals surface area contributed by atoms with E-state index in [1.54, 1.807) is 12.3 Å². The Bertz CT molecular complexity index is 1520. The van der Waals surface area contributed by atoms with E-state index in [2.05, 4.69) is 45.5 Å². The van der Waals surface area contributed by atoms with Crippen molar-refractivity contribution in [2.75, 3.05) is 31.9 Å². The van der Waals surface area contributed by atoms with Crippen molar-refractivity contribution >= 4 is 22.6 Å². The van der Waals surface area contributed by atoms with E-state index in [1.165, 1.54) is 5.56 Å². The molecule has 3 N–H and O–H groups in total. The van der Waals surface area contributed by atoms with Crippen LogP contribution < -0.4 is 11.1 Å². The smallest absolute Gasteiger partial charge is 0.165 e. The van der Waals surface area contributed by atoms with Crippen LogP contribution >= 0.6 is 0 Å². The minimum Gasteiger partial charge on any atom is -0.383 e. The zero-order valence-corrected chi connectivity index (χ0v) is 25.1. The molecule has 1 aliphatic heterocycles. The van der Waals surface area contributed by atoms with Crippen molar-refractivity contribution in [3.63, 3.8) is 0 Å². The number of nitrogens with zero attached hydrogens (tertiary/aromatic N) is 6. The molecule has 0 saturated carbocycles. The molecule has 0 aliphatic carbocycles. The molecule has 1 fully saturated rings. The number of nitrogens with two attached hydrogens (primary N) is 1. The van der Waals surface area contributed by atoms with Crippen LogP contribution in [0.25, 0.3) is 33.8 Å². The van der Waals surface area contributed by atoms with Gasteiger partial charge < -0.3 is 11.1 Å². The fraction of sp³-hybridized carbons (Fsp3) is 0.333. The number of rotatable bonds is 6. The number of allylic oxidation sites excluding steroid dienone is 4. The van der Waals surface area contributed by atoms with Crippen LogP contribution in [0, 0.1) is 11.3 Å². The highest BCUT2D eigenvalue weighted by atomic mass is 15.2. The normalized spacial score (nSPS) is 14.0. The standard InChI is InChI=1S/C29H30N8.2C2H6/c1-3-21(18-30)23(4-2)25-11-12-26-29(34-25)37(28(35-26)24-6-5-13-33-27(24)31)22-9-7-20(8-10-22)19-36-16-14-32-15-17-36;2*1-2/h3-13,32H,14-17,19H2,1-2H3,(H2,31,33);2*1-2H3/b21-3-,23-4+;;. The number of hydrogen-bond donors (Lipinski definition) is 2. The highest BCUT2D eigenvalue weighted by Gasteiger charge is 2.20. The molecule has 0 amide bonds. The molecule has 4 heterocycles. The van der Waals surface area contributed by atoms with Crippen molar-refractivity contribution in [3.8, 4) is 23.1 Å². The number of imidazole rings is 1. The van der Waals surface area contributed by atoms with E-state index in [-0.39, 0.29) is 0 Å². The number of piperazine rings is 1. The van der Waals surface area contributed by atoms with Crippen LogP contribution in [0.2, 0.25) is 0 Å². The highest BCUT2D eigenvalue weighted by molar-refractivity contribution is 5.87. The molecule has 4 aromatic rings. The first-order valence-corrected chi connectivity index (χ1v) is 14.5. The highest BCUT2D eigenvalue weighted by Crippen LogP contribution is 2.32. The van der Waals surface area contributed by atoms with Gasteiger partial charge in [0.1, 0.15) is 11.3 Å². The molecule has 0 spiro atoms. The van der Waals surface area contributed by atoms with Crippen molar-refractivity contribution < 1.29 is 0 Å². The predicted octanol–water partition coefficient (Wildman–Crippen LogP) is 6.40. The molecular weight excluding hydrogens is 508 g/mol. The molecule has 1 saturated heterocycles. The number of anilines is 1. The quantitative estimate of drug-likeness (QED) is 0.211. The molecule has 8 nitrogen and oxygen atoms in total.